The van der Waals surface area contributed by atoms with Crippen molar-refractivity contribution in [3.8, 4) is 0 Å². The van der Waals surface area contributed by atoms with E-state index in [-0.39, 0.29) is 25.7 Å². The number of nitrogens with two attached hydrogens (primary N) is 1. The smallest absolute Gasteiger partial charge is 0.387 e. The van der Waals surface area contributed by atoms with Crippen LogP contribution in [0.4, 0.5) is 0 Å². The summed E-state index contributed by atoms with van der Waals surface area (Å²) in [5, 5.41) is 13.6. The second-order valence-corrected chi connectivity index (χ2v) is 16.0. The lowest BCUT2D eigenvalue weighted by molar-refractivity contribution is -0.123. The van der Waals surface area contributed by atoms with Gasteiger partial charge in [0.15, 0.2) is 0 Å². The maximum Gasteiger partial charge on any atom is 0.472 e. The highest BCUT2D eigenvalue weighted by Gasteiger charge is 2.26. The summed E-state index contributed by atoms with van der Waals surface area (Å²) in [6.45, 7) is 4.07. The Hall–Kier alpha value is -1.54. The van der Waals surface area contributed by atoms with Gasteiger partial charge in [-0.25, -0.2) is 4.57 Å². The molecule has 0 fully saturated rings. The molecule has 0 radical (unpaired) electrons. The highest BCUT2D eigenvalue weighted by Crippen LogP contribution is 2.43. The minimum atomic E-state index is -4.35. The molecule has 3 unspecified atom stereocenters. The highest BCUT2D eigenvalue weighted by atomic mass is 31.2. The van der Waals surface area contributed by atoms with E-state index in [0.29, 0.717) is 6.42 Å². The van der Waals surface area contributed by atoms with Crippen LogP contribution in [-0.4, -0.2) is 47.8 Å². The van der Waals surface area contributed by atoms with Crippen molar-refractivity contribution >= 4 is 13.7 Å². The fourth-order valence-corrected chi connectivity index (χ4v) is 6.82. The monoisotopic (exact) mass is 767 g/mol. The largest absolute Gasteiger partial charge is 0.472 e. The molecule has 53 heavy (non-hydrogen) atoms. The van der Waals surface area contributed by atoms with E-state index < -0.39 is 20.0 Å². The van der Waals surface area contributed by atoms with Gasteiger partial charge < -0.3 is 21.1 Å². The van der Waals surface area contributed by atoms with E-state index in [1.165, 1.54) is 109 Å². The number of amides is 1. The van der Waals surface area contributed by atoms with Gasteiger partial charge in [0.1, 0.15) is 0 Å². The van der Waals surface area contributed by atoms with Crippen molar-refractivity contribution in [2.45, 2.75) is 206 Å². The Balaban J connectivity index is 4.30. The van der Waals surface area contributed by atoms with Crippen LogP contribution in [0.15, 0.2) is 48.6 Å². The number of carbonyl (C=O) groups is 1. The van der Waals surface area contributed by atoms with Crippen molar-refractivity contribution in [3.05, 3.63) is 48.6 Å². The zero-order chi connectivity index (χ0) is 38.9. The van der Waals surface area contributed by atoms with Crippen LogP contribution < -0.4 is 11.1 Å². The number of nitrogens with one attached hydrogen (secondary N) is 1. The summed E-state index contributed by atoms with van der Waals surface area (Å²) < 4.78 is 22.1. The molecule has 0 aromatic heterocycles. The number of aliphatic hydroxyl groups is 1. The molecule has 0 aromatic carbocycles. The van der Waals surface area contributed by atoms with Gasteiger partial charge >= 0.3 is 7.82 Å². The summed E-state index contributed by atoms with van der Waals surface area (Å²) in [5.74, 6) is -0.219. The van der Waals surface area contributed by atoms with Crippen LogP contribution in [0.3, 0.4) is 0 Å². The van der Waals surface area contributed by atoms with Crippen molar-refractivity contribution in [2.75, 3.05) is 19.8 Å². The van der Waals surface area contributed by atoms with Gasteiger partial charge in [-0.15, -0.1) is 0 Å². The van der Waals surface area contributed by atoms with Crippen LogP contribution in [0, 0.1) is 0 Å². The van der Waals surface area contributed by atoms with Crippen LogP contribution in [0.25, 0.3) is 0 Å². The molecule has 0 aliphatic rings. The van der Waals surface area contributed by atoms with Gasteiger partial charge in [-0.3, -0.25) is 13.8 Å². The summed E-state index contributed by atoms with van der Waals surface area (Å²) in [7, 11) is -4.35. The third-order valence-electron chi connectivity index (χ3n) is 9.38. The van der Waals surface area contributed by atoms with Crippen LogP contribution in [-0.2, 0) is 18.4 Å². The van der Waals surface area contributed by atoms with Gasteiger partial charge in [0.2, 0.25) is 5.91 Å². The molecule has 310 valence electrons. The van der Waals surface area contributed by atoms with Crippen LogP contribution in [0.5, 0.6) is 0 Å². The van der Waals surface area contributed by atoms with Gasteiger partial charge in [-0.05, 0) is 64.2 Å². The molecule has 0 aromatic rings. The number of allylic oxidation sites excluding steroid dienone is 7. The van der Waals surface area contributed by atoms with E-state index in [4.69, 9.17) is 14.8 Å². The van der Waals surface area contributed by atoms with Crippen LogP contribution >= 0.6 is 7.82 Å². The summed E-state index contributed by atoms with van der Waals surface area (Å²) in [6.07, 6.45) is 48.8. The number of hydrogen-bond acceptors (Lipinski definition) is 6. The molecule has 5 N–H and O–H groups in total. The van der Waals surface area contributed by atoms with E-state index in [1.807, 2.05) is 6.08 Å². The van der Waals surface area contributed by atoms with Crippen molar-refractivity contribution in [3.63, 3.8) is 0 Å². The number of phosphoric ester groups is 1. The predicted molar refractivity (Wildman–Crippen MR) is 226 cm³/mol. The summed E-state index contributed by atoms with van der Waals surface area (Å²) >= 11 is 0. The molecule has 0 rings (SSSR count). The standard InChI is InChI=1S/C44H83N2O6P/c1-3-5-7-9-11-13-15-17-19-20-21-22-24-25-27-29-31-33-35-37-43(47)42(41-52-53(49,50)51-40-39-45)46-44(48)38-36-34-32-30-28-26-23-18-16-14-12-10-8-6-4-2/h12,14,18,23,27,29,35,37,42-43,47H,3-11,13,15-17,19-22,24-26,28,30-34,36,38-41,45H2,1-2H3,(H,46,48)(H,49,50)/b14-12-,23-18-,29-27+,37-35+. The highest BCUT2D eigenvalue weighted by molar-refractivity contribution is 7.47. The number of aliphatic hydroxyl groups excluding tert-OH is 1. The Kier molecular flexibility index (Phi) is 39.0. The van der Waals surface area contributed by atoms with Crippen molar-refractivity contribution in [1.29, 1.82) is 0 Å². The normalized spacial score (nSPS) is 14.6. The van der Waals surface area contributed by atoms with E-state index in [9.17, 15) is 19.4 Å². The maximum absolute atomic E-state index is 12.7. The van der Waals surface area contributed by atoms with Gasteiger partial charge in [-0.1, -0.05) is 172 Å². The Bertz CT molecular complexity index is 970. The molecular weight excluding hydrogens is 683 g/mol. The van der Waals surface area contributed by atoms with E-state index in [0.717, 1.165) is 64.2 Å². The fourth-order valence-electron chi connectivity index (χ4n) is 6.06. The first kappa shape index (κ1) is 51.5. The molecule has 8 nitrogen and oxygen atoms in total. The minimum absolute atomic E-state index is 0.0703. The fraction of sp³-hybridized carbons (Fsp3) is 0.795. The molecule has 1 amide bonds. The lowest BCUT2D eigenvalue weighted by atomic mass is 10.0. The lowest BCUT2D eigenvalue weighted by Crippen LogP contribution is -2.45. The molecule has 0 saturated heterocycles. The average molecular weight is 767 g/mol. The van der Waals surface area contributed by atoms with E-state index >= 15 is 0 Å². The van der Waals surface area contributed by atoms with Gasteiger partial charge in [0.25, 0.3) is 0 Å². The third-order valence-corrected chi connectivity index (χ3v) is 10.4. The molecule has 0 heterocycles. The topological polar surface area (TPSA) is 131 Å². The number of rotatable bonds is 40. The lowest BCUT2D eigenvalue weighted by Gasteiger charge is -2.23. The number of unbranched alkanes of at least 4 members (excludes halogenated alkanes) is 22. The quantitative estimate of drug-likeness (QED) is 0.0277. The molecule has 0 bridgehead atoms. The second kappa shape index (κ2) is 40.1. The summed E-state index contributed by atoms with van der Waals surface area (Å²) in [6, 6.07) is -0.884. The number of carbonyl (C=O) groups excluding carboxylic acids is 1. The average Bonchev–Trinajstić information content (AvgIpc) is 3.14. The minimum Gasteiger partial charge on any atom is -0.387 e. The first-order valence-corrected chi connectivity index (χ1v) is 23.3. The third kappa shape index (κ3) is 38.5. The molecule has 9 heteroatoms. The van der Waals surface area contributed by atoms with Crippen LogP contribution in [0.2, 0.25) is 0 Å². The molecule has 0 aliphatic heterocycles. The maximum atomic E-state index is 12.7. The van der Waals surface area contributed by atoms with E-state index in [1.54, 1.807) is 6.08 Å². The van der Waals surface area contributed by atoms with Crippen molar-refractivity contribution in [1.82, 2.24) is 5.32 Å². The SMILES string of the molecule is CCCCC/C=C\C/C=C\CCCCCCCC(=O)NC(COP(=O)(O)OCCN)C(O)/C=C/CC/C=C/CCCCCCCCCCCCCCC. The Morgan fingerprint density at radius 2 is 1.06 bits per heavy atom. The Morgan fingerprint density at radius 1 is 0.623 bits per heavy atom. The Morgan fingerprint density at radius 3 is 1.60 bits per heavy atom. The zero-order valence-electron chi connectivity index (χ0n) is 34.2. The Labute approximate surface area is 326 Å². The molecule has 0 aliphatic carbocycles. The summed E-state index contributed by atoms with van der Waals surface area (Å²) in [5.41, 5.74) is 5.37. The number of hydrogen-bond donors (Lipinski definition) is 4. The van der Waals surface area contributed by atoms with Crippen LogP contribution in [0.1, 0.15) is 194 Å². The van der Waals surface area contributed by atoms with Crippen molar-refractivity contribution in [2.24, 2.45) is 5.73 Å². The zero-order valence-corrected chi connectivity index (χ0v) is 35.1. The second-order valence-electron chi connectivity index (χ2n) is 14.5. The van der Waals surface area contributed by atoms with Gasteiger partial charge in [-0.2, -0.15) is 0 Å². The van der Waals surface area contributed by atoms with Gasteiger partial charge in [0.05, 0.1) is 25.4 Å². The van der Waals surface area contributed by atoms with Gasteiger partial charge in [0, 0.05) is 13.0 Å². The first-order valence-electron chi connectivity index (χ1n) is 21.8. The van der Waals surface area contributed by atoms with Crippen molar-refractivity contribution < 1.29 is 28.4 Å². The summed E-state index contributed by atoms with van der Waals surface area (Å²) in [4.78, 5) is 22.7. The van der Waals surface area contributed by atoms with E-state index in [2.05, 4.69) is 55.6 Å². The molecule has 0 saturated carbocycles. The molecular formula is C44H83N2O6P. The molecule has 3 atom stereocenters. The number of phosphoric acid groups is 1. The molecule has 0 spiro atoms. The predicted octanol–water partition coefficient (Wildman–Crippen LogP) is 12.1. The first-order chi connectivity index (χ1) is 25.9.